The Morgan fingerprint density at radius 3 is 2.45 bits per heavy atom. The quantitative estimate of drug-likeness (QED) is 0.606. The van der Waals surface area contributed by atoms with Gasteiger partial charge in [0.05, 0.1) is 13.2 Å². The molecule has 0 aromatic heterocycles. The first-order chi connectivity index (χ1) is 5.20. The number of ether oxygens (including phenoxy) is 1. The average Bonchev–Trinajstić information content (AvgIpc) is 1.97. The van der Waals surface area contributed by atoms with Crippen molar-refractivity contribution in [1.82, 2.24) is 4.90 Å². The van der Waals surface area contributed by atoms with Gasteiger partial charge in [0.2, 0.25) is 0 Å². The molecule has 0 atom stereocenters. The maximum absolute atomic E-state index is 5.18. The van der Waals surface area contributed by atoms with Crippen molar-refractivity contribution in [2.75, 3.05) is 32.8 Å². The van der Waals surface area contributed by atoms with Gasteiger partial charge in [-0.25, -0.2) is 0 Å². The molecule has 2 nitrogen and oxygen atoms in total. The van der Waals surface area contributed by atoms with Gasteiger partial charge >= 0.3 is 0 Å². The lowest BCUT2D eigenvalue weighted by atomic mass is 9.88. The number of nitrogens with zero attached hydrogens (tertiary/aromatic N) is 1. The third-order valence-corrected chi connectivity index (χ3v) is 2.27. The van der Waals surface area contributed by atoms with Gasteiger partial charge in [-0.1, -0.05) is 13.8 Å². The zero-order valence-electron chi connectivity index (χ0n) is 7.60. The first-order valence-corrected chi connectivity index (χ1v) is 4.29. The van der Waals surface area contributed by atoms with Crippen LogP contribution >= 0.6 is 0 Å². The third kappa shape index (κ3) is 2.17. The van der Waals surface area contributed by atoms with Gasteiger partial charge in [-0.2, -0.15) is 0 Å². The molecule has 11 heavy (non-hydrogen) atoms. The summed E-state index contributed by atoms with van der Waals surface area (Å²) in [6.07, 6.45) is 0. The second-order valence-electron chi connectivity index (χ2n) is 3.67. The molecule has 0 unspecified atom stereocenters. The summed E-state index contributed by atoms with van der Waals surface area (Å²) in [6, 6.07) is 0. The van der Waals surface area contributed by atoms with Crippen LogP contribution in [0, 0.1) is 12.3 Å². The molecule has 0 spiro atoms. The predicted molar refractivity (Wildman–Crippen MR) is 46.4 cm³/mol. The molecule has 0 aliphatic carbocycles. The van der Waals surface area contributed by atoms with Crippen molar-refractivity contribution >= 4 is 0 Å². The summed E-state index contributed by atoms with van der Waals surface area (Å²) < 4.78 is 5.18. The highest BCUT2D eigenvalue weighted by Gasteiger charge is 2.34. The van der Waals surface area contributed by atoms with Crippen molar-refractivity contribution in [2.45, 2.75) is 13.8 Å². The van der Waals surface area contributed by atoms with Gasteiger partial charge in [0.15, 0.2) is 0 Å². The van der Waals surface area contributed by atoms with E-state index < -0.39 is 0 Å². The summed E-state index contributed by atoms with van der Waals surface area (Å²) >= 11 is 0. The molecule has 0 saturated carbocycles. The van der Waals surface area contributed by atoms with Crippen molar-refractivity contribution in [3.05, 3.63) is 6.92 Å². The van der Waals surface area contributed by atoms with Crippen molar-refractivity contribution in [3.8, 4) is 0 Å². The first-order valence-electron chi connectivity index (χ1n) is 4.29. The largest absolute Gasteiger partial charge is 0.380 e. The minimum atomic E-state index is 0.410. The summed E-state index contributed by atoms with van der Waals surface area (Å²) in [6.45, 7) is 13.3. The van der Waals surface area contributed by atoms with E-state index in [1.54, 1.807) is 0 Å². The molecule has 1 radical (unpaired) electrons. The monoisotopic (exact) mass is 156 g/mol. The number of hydrogen-bond acceptors (Lipinski definition) is 2. The van der Waals surface area contributed by atoms with E-state index in [1.807, 2.05) is 0 Å². The van der Waals surface area contributed by atoms with Crippen LogP contribution in [0.4, 0.5) is 0 Å². The molecular weight excluding hydrogens is 138 g/mol. The van der Waals surface area contributed by atoms with Gasteiger partial charge in [-0.05, 0) is 20.0 Å². The van der Waals surface area contributed by atoms with Gasteiger partial charge < -0.3 is 9.64 Å². The van der Waals surface area contributed by atoms with Crippen LogP contribution in [0.25, 0.3) is 0 Å². The molecule has 0 aromatic rings. The number of hydrogen-bond donors (Lipinski definition) is 0. The highest BCUT2D eigenvalue weighted by Crippen LogP contribution is 2.27. The van der Waals surface area contributed by atoms with E-state index in [-0.39, 0.29) is 0 Å². The number of rotatable bonds is 4. The molecular formula is C9H18NO. The maximum Gasteiger partial charge on any atom is 0.0554 e. The summed E-state index contributed by atoms with van der Waals surface area (Å²) in [4.78, 5) is 2.35. The van der Waals surface area contributed by atoms with Crippen LogP contribution in [0.2, 0.25) is 0 Å². The molecule has 2 heteroatoms. The Morgan fingerprint density at radius 1 is 1.55 bits per heavy atom. The van der Waals surface area contributed by atoms with E-state index in [4.69, 9.17) is 4.74 Å². The zero-order chi connectivity index (χ0) is 8.32. The van der Waals surface area contributed by atoms with E-state index in [9.17, 15) is 0 Å². The molecule has 65 valence electrons. The summed E-state index contributed by atoms with van der Waals surface area (Å²) in [7, 11) is 0. The molecule has 1 heterocycles. The second kappa shape index (κ2) is 3.55. The molecule has 0 aromatic carbocycles. The molecule has 0 amide bonds. The van der Waals surface area contributed by atoms with Crippen LogP contribution in [-0.2, 0) is 4.74 Å². The smallest absolute Gasteiger partial charge is 0.0554 e. The van der Waals surface area contributed by atoms with Gasteiger partial charge in [-0.15, -0.1) is 0 Å². The molecule has 0 bridgehead atoms. The standard InChI is InChI=1S/C9H18NO/c1-4-10(5-2)6-9(3)7-11-8-9/h1,4-8H2,2-3H3. The lowest BCUT2D eigenvalue weighted by Crippen LogP contribution is -2.48. The van der Waals surface area contributed by atoms with Crippen LogP contribution in [0.15, 0.2) is 0 Å². The Balaban J connectivity index is 2.27. The van der Waals surface area contributed by atoms with Crippen LogP contribution in [0.1, 0.15) is 13.8 Å². The predicted octanol–water partition coefficient (Wildman–Crippen LogP) is 1.18. The topological polar surface area (TPSA) is 12.5 Å². The van der Waals surface area contributed by atoms with E-state index in [2.05, 4.69) is 25.7 Å². The van der Waals surface area contributed by atoms with Gasteiger partial charge in [0, 0.05) is 12.0 Å². The van der Waals surface area contributed by atoms with E-state index in [0.29, 0.717) is 5.41 Å². The Hall–Kier alpha value is -0.0800. The van der Waals surface area contributed by atoms with Crippen molar-refractivity contribution in [3.63, 3.8) is 0 Å². The minimum absolute atomic E-state index is 0.410. The highest BCUT2D eigenvalue weighted by atomic mass is 16.5. The van der Waals surface area contributed by atoms with Crippen LogP contribution in [0.3, 0.4) is 0 Å². The summed E-state index contributed by atoms with van der Waals surface area (Å²) in [5, 5.41) is 0. The average molecular weight is 156 g/mol. The first kappa shape index (κ1) is 9.01. The second-order valence-corrected chi connectivity index (χ2v) is 3.67. The van der Waals surface area contributed by atoms with E-state index >= 15 is 0 Å². The van der Waals surface area contributed by atoms with Crippen molar-refractivity contribution in [2.24, 2.45) is 5.41 Å². The van der Waals surface area contributed by atoms with E-state index in [0.717, 1.165) is 32.8 Å². The van der Waals surface area contributed by atoms with Gasteiger partial charge in [0.1, 0.15) is 0 Å². The Kier molecular flexibility index (Phi) is 2.90. The summed E-state index contributed by atoms with van der Waals surface area (Å²) in [5.74, 6) is 0. The van der Waals surface area contributed by atoms with Crippen LogP contribution < -0.4 is 0 Å². The zero-order valence-corrected chi connectivity index (χ0v) is 7.60. The Bertz CT molecular complexity index is 117. The Labute approximate surface area is 69.5 Å². The summed E-state index contributed by atoms with van der Waals surface area (Å²) in [5.41, 5.74) is 0.410. The fraction of sp³-hybridized carbons (Fsp3) is 0.889. The lowest BCUT2D eigenvalue weighted by Gasteiger charge is -2.41. The Morgan fingerprint density at radius 2 is 2.18 bits per heavy atom. The molecule has 1 aliphatic heterocycles. The van der Waals surface area contributed by atoms with Crippen LogP contribution in [0.5, 0.6) is 0 Å². The molecule has 1 aliphatic rings. The fourth-order valence-electron chi connectivity index (χ4n) is 1.43. The van der Waals surface area contributed by atoms with Gasteiger partial charge in [0.25, 0.3) is 0 Å². The minimum Gasteiger partial charge on any atom is -0.380 e. The van der Waals surface area contributed by atoms with Crippen molar-refractivity contribution < 1.29 is 4.74 Å². The van der Waals surface area contributed by atoms with E-state index in [1.165, 1.54) is 0 Å². The lowest BCUT2D eigenvalue weighted by molar-refractivity contribution is -0.113. The SMILES string of the molecule is [CH2]CN(CC)CC1(C)COC1. The maximum atomic E-state index is 5.18. The normalized spacial score (nSPS) is 21.8. The molecule has 0 N–H and O–H groups in total. The fourth-order valence-corrected chi connectivity index (χ4v) is 1.43. The highest BCUT2D eigenvalue weighted by molar-refractivity contribution is 4.84. The van der Waals surface area contributed by atoms with Crippen molar-refractivity contribution in [1.29, 1.82) is 0 Å². The van der Waals surface area contributed by atoms with Crippen LogP contribution in [-0.4, -0.2) is 37.7 Å². The molecule has 1 fully saturated rings. The van der Waals surface area contributed by atoms with Gasteiger partial charge in [-0.3, -0.25) is 0 Å². The molecule has 1 rings (SSSR count). The molecule has 1 saturated heterocycles. The third-order valence-electron chi connectivity index (χ3n) is 2.27.